The molecular weight excluding hydrogens is 304 g/mol. The van der Waals surface area contributed by atoms with Gasteiger partial charge in [0.2, 0.25) is 0 Å². The first-order valence-electron chi connectivity index (χ1n) is 8.86. The van der Waals surface area contributed by atoms with Gasteiger partial charge in [-0.25, -0.2) is 0 Å². The first-order chi connectivity index (χ1) is 11.7. The van der Waals surface area contributed by atoms with Crippen molar-refractivity contribution in [3.05, 3.63) is 30.5 Å². The van der Waals surface area contributed by atoms with E-state index in [-0.39, 0.29) is 12.0 Å². The minimum atomic E-state index is -0.512. The number of nitrogens with zero attached hydrogens (tertiary/aromatic N) is 1. The number of likely N-dealkylation sites (tertiary alicyclic amines) is 1. The van der Waals surface area contributed by atoms with Gasteiger partial charge in [0.1, 0.15) is 18.5 Å². The van der Waals surface area contributed by atoms with Crippen LogP contribution in [-0.2, 0) is 0 Å². The van der Waals surface area contributed by atoms with Crippen molar-refractivity contribution in [3.63, 3.8) is 0 Å². The molecule has 3 N–H and O–H groups in total. The molecule has 0 bridgehead atoms. The second-order valence-corrected chi connectivity index (χ2v) is 6.97. The lowest BCUT2D eigenvalue weighted by molar-refractivity contribution is 0.0122. The molecule has 1 fully saturated rings. The number of aromatic nitrogens is 1. The fraction of sp³-hybridized carbons (Fsp3) is 0.579. The van der Waals surface area contributed by atoms with Crippen LogP contribution in [0, 0.1) is 5.41 Å². The van der Waals surface area contributed by atoms with Crippen molar-refractivity contribution in [1.82, 2.24) is 9.88 Å². The molecule has 1 aliphatic rings. The van der Waals surface area contributed by atoms with E-state index in [4.69, 9.17) is 4.74 Å². The summed E-state index contributed by atoms with van der Waals surface area (Å²) in [4.78, 5) is 5.43. The van der Waals surface area contributed by atoms with Crippen LogP contribution in [0.5, 0.6) is 5.75 Å². The smallest absolute Gasteiger partial charge is 0.128 e. The molecule has 5 nitrogen and oxygen atoms in total. The molecular formula is C19H28N2O3. The van der Waals surface area contributed by atoms with Crippen LogP contribution in [0.4, 0.5) is 0 Å². The van der Waals surface area contributed by atoms with Gasteiger partial charge in [-0.2, -0.15) is 0 Å². The molecule has 24 heavy (non-hydrogen) atoms. The third-order valence-electron chi connectivity index (χ3n) is 5.46. The third-order valence-corrected chi connectivity index (χ3v) is 5.46. The molecule has 1 saturated heterocycles. The van der Waals surface area contributed by atoms with E-state index in [1.165, 1.54) is 0 Å². The summed E-state index contributed by atoms with van der Waals surface area (Å²) in [6.07, 6.45) is 4.39. The SMILES string of the molecule is CCC1(CO)CCN(CC(O)COc2cccc3[nH]ccc23)CC1. The molecule has 0 aliphatic carbocycles. The van der Waals surface area contributed by atoms with Crippen LogP contribution in [0.15, 0.2) is 30.5 Å². The van der Waals surface area contributed by atoms with E-state index in [0.29, 0.717) is 13.2 Å². The molecule has 2 aromatic rings. The first kappa shape index (κ1) is 17.3. The molecule has 2 heterocycles. The molecule has 0 saturated carbocycles. The fourth-order valence-electron chi connectivity index (χ4n) is 3.55. The van der Waals surface area contributed by atoms with E-state index in [9.17, 15) is 10.2 Å². The standard InChI is InChI=1S/C19H28N2O3/c1-2-19(14-22)7-10-21(11-8-19)12-15(23)13-24-18-5-3-4-17-16(18)6-9-20-17/h3-6,9,15,20,22-23H,2,7-8,10-14H2,1H3. The lowest BCUT2D eigenvalue weighted by Gasteiger charge is -2.40. The Kier molecular flexibility index (Phi) is 5.43. The van der Waals surface area contributed by atoms with Gasteiger partial charge in [0, 0.05) is 30.3 Å². The van der Waals surface area contributed by atoms with Crippen LogP contribution >= 0.6 is 0 Å². The Balaban J connectivity index is 1.48. The predicted molar refractivity (Wildman–Crippen MR) is 95.3 cm³/mol. The Hall–Kier alpha value is -1.56. The monoisotopic (exact) mass is 332 g/mol. The van der Waals surface area contributed by atoms with E-state index in [1.54, 1.807) is 0 Å². The van der Waals surface area contributed by atoms with Crippen molar-refractivity contribution in [2.45, 2.75) is 32.3 Å². The van der Waals surface area contributed by atoms with Crippen LogP contribution < -0.4 is 4.74 Å². The maximum atomic E-state index is 10.3. The molecule has 0 amide bonds. The summed E-state index contributed by atoms with van der Waals surface area (Å²) in [5.74, 6) is 0.803. The van der Waals surface area contributed by atoms with Crippen LogP contribution in [0.2, 0.25) is 0 Å². The molecule has 132 valence electrons. The minimum absolute atomic E-state index is 0.0852. The quantitative estimate of drug-likeness (QED) is 0.728. The maximum Gasteiger partial charge on any atom is 0.128 e. The summed E-state index contributed by atoms with van der Waals surface area (Å²) < 4.78 is 5.83. The third kappa shape index (κ3) is 3.74. The number of aromatic amines is 1. The first-order valence-corrected chi connectivity index (χ1v) is 8.86. The summed E-state index contributed by atoms with van der Waals surface area (Å²) in [5.41, 5.74) is 1.12. The zero-order chi connectivity index (χ0) is 17.0. The van der Waals surface area contributed by atoms with Crippen LogP contribution in [0.25, 0.3) is 10.9 Å². The zero-order valence-corrected chi connectivity index (χ0v) is 14.4. The van der Waals surface area contributed by atoms with Crippen molar-refractivity contribution in [2.75, 3.05) is 32.8 Å². The summed E-state index contributed by atoms with van der Waals surface area (Å²) >= 11 is 0. The van der Waals surface area contributed by atoms with Gasteiger partial charge in [-0.05, 0) is 56.0 Å². The van der Waals surface area contributed by atoms with Crippen LogP contribution in [0.3, 0.4) is 0 Å². The topological polar surface area (TPSA) is 68.7 Å². The van der Waals surface area contributed by atoms with Gasteiger partial charge in [-0.3, -0.25) is 0 Å². The highest BCUT2D eigenvalue weighted by Crippen LogP contribution is 2.34. The number of hydrogen-bond acceptors (Lipinski definition) is 4. The molecule has 1 atom stereocenters. The summed E-state index contributed by atoms with van der Waals surface area (Å²) in [6.45, 7) is 5.19. The maximum absolute atomic E-state index is 10.3. The highest BCUT2D eigenvalue weighted by atomic mass is 16.5. The average molecular weight is 332 g/mol. The average Bonchev–Trinajstić information content (AvgIpc) is 3.10. The van der Waals surface area contributed by atoms with Gasteiger partial charge >= 0.3 is 0 Å². The van der Waals surface area contributed by atoms with E-state index in [2.05, 4.69) is 16.8 Å². The number of fused-ring (bicyclic) bond motifs is 1. The Bertz CT molecular complexity index is 641. The normalized spacial score (nSPS) is 19.5. The number of rotatable bonds is 7. The predicted octanol–water partition coefficient (Wildman–Crippen LogP) is 2.39. The Morgan fingerprint density at radius 1 is 1.29 bits per heavy atom. The largest absolute Gasteiger partial charge is 0.490 e. The number of aliphatic hydroxyl groups excluding tert-OH is 2. The van der Waals surface area contributed by atoms with Gasteiger partial charge in [0.25, 0.3) is 0 Å². The van der Waals surface area contributed by atoms with Gasteiger partial charge in [-0.15, -0.1) is 0 Å². The van der Waals surface area contributed by atoms with Gasteiger partial charge < -0.3 is 24.8 Å². The Labute approximate surface area is 143 Å². The highest BCUT2D eigenvalue weighted by Gasteiger charge is 2.32. The van der Waals surface area contributed by atoms with Crippen LogP contribution in [0.1, 0.15) is 26.2 Å². The van der Waals surface area contributed by atoms with Crippen LogP contribution in [-0.4, -0.2) is 59.0 Å². The number of nitrogens with one attached hydrogen (secondary N) is 1. The Morgan fingerprint density at radius 2 is 2.08 bits per heavy atom. The van der Waals surface area contributed by atoms with E-state index < -0.39 is 6.10 Å². The number of benzene rings is 1. The molecule has 1 aromatic carbocycles. The summed E-state index contributed by atoms with van der Waals surface area (Å²) in [5, 5.41) is 20.9. The molecule has 1 unspecified atom stereocenters. The fourth-order valence-corrected chi connectivity index (χ4v) is 3.55. The summed E-state index contributed by atoms with van der Waals surface area (Å²) in [7, 11) is 0. The molecule has 0 radical (unpaired) electrons. The van der Waals surface area contributed by atoms with Crippen molar-refractivity contribution < 1.29 is 14.9 Å². The second kappa shape index (κ2) is 7.55. The molecule has 0 spiro atoms. The Morgan fingerprint density at radius 3 is 2.79 bits per heavy atom. The number of β-amino-alcohol motifs (C(OH)–C–C–N with tert-alkyl or cyclic N) is 1. The van der Waals surface area contributed by atoms with Gasteiger partial charge in [-0.1, -0.05) is 13.0 Å². The zero-order valence-electron chi connectivity index (χ0n) is 14.4. The molecule has 3 rings (SSSR count). The number of hydrogen-bond donors (Lipinski definition) is 3. The second-order valence-electron chi connectivity index (χ2n) is 6.97. The number of piperidine rings is 1. The van der Waals surface area contributed by atoms with Crippen molar-refractivity contribution in [3.8, 4) is 5.75 Å². The number of H-pyrrole nitrogens is 1. The highest BCUT2D eigenvalue weighted by molar-refractivity contribution is 5.85. The van der Waals surface area contributed by atoms with Gasteiger partial charge in [0.15, 0.2) is 0 Å². The van der Waals surface area contributed by atoms with E-state index >= 15 is 0 Å². The minimum Gasteiger partial charge on any atom is -0.490 e. The summed E-state index contributed by atoms with van der Waals surface area (Å²) in [6, 6.07) is 7.87. The van der Waals surface area contributed by atoms with Gasteiger partial charge in [0.05, 0.1) is 0 Å². The van der Waals surface area contributed by atoms with Crippen molar-refractivity contribution in [2.24, 2.45) is 5.41 Å². The number of aliphatic hydroxyl groups is 2. The molecule has 1 aliphatic heterocycles. The molecule has 1 aromatic heterocycles. The molecule has 5 heteroatoms. The lowest BCUT2D eigenvalue weighted by Crippen LogP contribution is -2.45. The number of ether oxygens (including phenoxy) is 1. The van der Waals surface area contributed by atoms with E-state index in [0.717, 1.165) is 49.0 Å². The lowest BCUT2D eigenvalue weighted by atomic mass is 9.77. The van der Waals surface area contributed by atoms with Crippen molar-refractivity contribution >= 4 is 10.9 Å². The van der Waals surface area contributed by atoms with E-state index in [1.807, 2.05) is 30.5 Å². The van der Waals surface area contributed by atoms with Crippen molar-refractivity contribution in [1.29, 1.82) is 0 Å².